The highest BCUT2D eigenvalue weighted by Crippen LogP contribution is 2.28. The zero-order valence-electron chi connectivity index (χ0n) is 14.0. The van der Waals surface area contributed by atoms with Crippen LogP contribution in [0.3, 0.4) is 0 Å². The molecule has 6 nitrogen and oxygen atoms in total. The van der Waals surface area contributed by atoms with Crippen molar-refractivity contribution in [2.45, 2.75) is 18.7 Å². The van der Waals surface area contributed by atoms with Crippen LogP contribution in [0, 0.1) is 12.7 Å². The first-order valence-electron chi connectivity index (χ1n) is 7.42. The number of hydrogen-bond donors (Lipinski definition) is 1. The second-order valence-electron chi connectivity index (χ2n) is 5.15. The standard InChI is InChI=1S/C17H18FNO5S/c1-4-24-17(20)12-6-5-11(2)14(9-12)19-25(21,22)16-10-13(18)7-8-15(16)23-3/h5-10,19H,4H2,1-3H3. The van der Waals surface area contributed by atoms with Crippen LogP contribution >= 0.6 is 0 Å². The van der Waals surface area contributed by atoms with Gasteiger partial charge in [0.2, 0.25) is 0 Å². The number of ether oxygens (including phenoxy) is 2. The van der Waals surface area contributed by atoms with Crippen molar-refractivity contribution in [3.63, 3.8) is 0 Å². The van der Waals surface area contributed by atoms with E-state index in [0.717, 1.165) is 12.1 Å². The number of halogens is 1. The third-order valence-electron chi connectivity index (χ3n) is 3.41. The summed E-state index contributed by atoms with van der Waals surface area (Å²) in [5.41, 5.74) is 0.986. The van der Waals surface area contributed by atoms with E-state index in [1.807, 2.05) is 0 Å². The predicted molar refractivity (Wildman–Crippen MR) is 90.9 cm³/mol. The van der Waals surface area contributed by atoms with E-state index in [2.05, 4.69) is 4.72 Å². The predicted octanol–water partition coefficient (Wildman–Crippen LogP) is 3.12. The molecule has 1 N–H and O–H groups in total. The lowest BCUT2D eigenvalue weighted by molar-refractivity contribution is 0.0526. The van der Waals surface area contributed by atoms with Gasteiger partial charge in [0.1, 0.15) is 16.5 Å². The van der Waals surface area contributed by atoms with E-state index >= 15 is 0 Å². The number of nitrogens with one attached hydrogen (secondary N) is 1. The Morgan fingerprint density at radius 3 is 2.56 bits per heavy atom. The van der Waals surface area contributed by atoms with E-state index in [0.29, 0.717) is 5.56 Å². The third kappa shape index (κ3) is 4.27. The normalized spacial score (nSPS) is 11.0. The van der Waals surface area contributed by atoms with Gasteiger partial charge in [0.25, 0.3) is 10.0 Å². The molecule has 0 aliphatic rings. The summed E-state index contributed by atoms with van der Waals surface area (Å²) in [5.74, 6) is -1.27. The molecule has 8 heteroatoms. The summed E-state index contributed by atoms with van der Waals surface area (Å²) in [7, 11) is -2.83. The van der Waals surface area contributed by atoms with E-state index in [1.54, 1.807) is 19.9 Å². The minimum absolute atomic E-state index is 0.00750. The monoisotopic (exact) mass is 367 g/mol. The number of rotatable bonds is 6. The SMILES string of the molecule is CCOC(=O)c1ccc(C)c(NS(=O)(=O)c2cc(F)ccc2OC)c1. The molecule has 0 radical (unpaired) electrons. The van der Waals surface area contributed by atoms with E-state index in [4.69, 9.17) is 9.47 Å². The van der Waals surface area contributed by atoms with Gasteiger partial charge < -0.3 is 9.47 Å². The van der Waals surface area contributed by atoms with Crippen LogP contribution in [-0.2, 0) is 14.8 Å². The Hall–Kier alpha value is -2.61. The fourth-order valence-corrected chi connectivity index (χ4v) is 3.44. The zero-order chi connectivity index (χ0) is 18.6. The summed E-state index contributed by atoms with van der Waals surface area (Å²) in [4.78, 5) is 11.5. The molecule has 25 heavy (non-hydrogen) atoms. The van der Waals surface area contributed by atoms with Crippen LogP contribution in [0.1, 0.15) is 22.8 Å². The fourth-order valence-electron chi connectivity index (χ4n) is 2.13. The smallest absolute Gasteiger partial charge is 0.338 e. The number of hydrogen-bond acceptors (Lipinski definition) is 5. The van der Waals surface area contributed by atoms with Crippen molar-refractivity contribution >= 4 is 21.7 Å². The molecule has 0 atom stereocenters. The van der Waals surface area contributed by atoms with Crippen molar-refractivity contribution in [1.82, 2.24) is 0 Å². The molecule has 134 valence electrons. The average Bonchev–Trinajstić information content (AvgIpc) is 2.57. The Morgan fingerprint density at radius 2 is 1.92 bits per heavy atom. The van der Waals surface area contributed by atoms with Crippen LogP contribution < -0.4 is 9.46 Å². The Balaban J connectivity index is 2.43. The molecule has 2 rings (SSSR count). The first kappa shape index (κ1) is 18.7. The lowest BCUT2D eigenvalue weighted by Crippen LogP contribution is -2.16. The number of methoxy groups -OCH3 is 1. The molecule has 0 saturated heterocycles. The topological polar surface area (TPSA) is 81.7 Å². The molecule has 2 aromatic rings. The molecule has 0 bridgehead atoms. The van der Waals surface area contributed by atoms with Crippen molar-refractivity contribution in [3.8, 4) is 5.75 Å². The number of aryl methyl sites for hydroxylation is 1. The first-order chi connectivity index (χ1) is 11.8. The van der Waals surface area contributed by atoms with Crippen molar-refractivity contribution in [2.75, 3.05) is 18.4 Å². The second-order valence-corrected chi connectivity index (χ2v) is 6.80. The zero-order valence-corrected chi connectivity index (χ0v) is 14.8. The number of esters is 1. The highest BCUT2D eigenvalue weighted by molar-refractivity contribution is 7.92. The molecule has 0 spiro atoms. The first-order valence-corrected chi connectivity index (χ1v) is 8.91. The van der Waals surface area contributed by atoms with Crippen molar-refractivity contribution in [3.05, 3.63) is 53.3 Å². The highest BCUT2D eigenvalue weighted by atomic mass is 32.2. The van der Waals surface area contributed by atoms with Crippen molar-refractivity contribution in [2.24, 2.45) is 0 Å². The van der Waals surface area contributed by atoms with Crippen LogP contribution in [-0.4, -0.2) is 28.1 Å². The molecule has 0 unspecified atom stereocenters. The van der Waals surface area contributed by atoms with Crippen LogP contribution in [0.2, 0.25) is 0 Å². The molecule has 0 fully saturated rings. The van der Waals surface area contributed by atoms with Gasteiger partial charge in [0.05, 0.1) is 25.0 Å². The molecule has 0 aliphatic carbocycles. The second kappa shape index (κ2) is 7.52. The minimum atomic E-state index is -4.12. The quantitative estimate of drug-likeness (QED) is 0.794. The average molecular weight is 367 g/mol. The van der Waals surface area contributed by atoms with Gasteiger partial charge in [-0.15, -0.1) is 0 Å². The van der Waals surface area contributed by atoms with Crippen molar-refractivity contribution in [1.29, 1.82) is 0 Å². The summed E-state index contributed by atoms with van der Waals surface area (Å²) >= 11 is 0. The summed E-state index contributed by atoms with van der Waals surface area (Å²) in [6.07, 6.45) is 0. The minimum Gasteiger partial charge on any atom is -0.495 e. The van der Waals surface area contributed by atoms with E-state index in [1.165, 1.54) is 25.3 Å². The molecule has 0 aliphatic heterocycles. The lowest BCUT2D eigenvalue weighted by Gasteiger charge is -2.14. The van der Waals surface area contributed by atoms with Crippen LogP contribution in [0.15, 0.2) is 41.3 Å². The van der Waals surface area contributed by atoms with E-state index < -0.39 is 21.8 Å². The van der Waals surface area contributed by atoms with Crippen LogP contribution in [0.25, 0.3) is 0 Å². The molecule has 0 heterocycles. The number of carbonyl (C=O) groups excluding carboxylic acids is 1. The largest absolute Gasteiger partial charge is 0.495 e. The van der Waals surface area contributed by atoms with Gasteiger partial charge in [-0.2, -0.15) is 0 Å². The molecule has 2 aromatic carbocycles. The highest BCUT2D eigenvalue weighted by Gasteiger charge is 2.22. The molecule has 0 aromatic heterocycles. The van der Waals surface area contributed by atoms with Gasteiger partial charge in [-0.25, -0.2) is 17.6 Å². The molecular weight excluding hydrogens is 349 g/mol. The number of anilines is 1. The van der Waals surface area contributed by atoms with E-state index in [9.17, 15) is 17.6 Å². The Kier molecular flexibility index (Phi) is 5.63. The number of sulfonamides is 1. The van der Waals surface area contributed by atoms with Gasteiger partial charge in [0.15, 0.2) is 0 Å². The maximum absolute atomic E-state index is 13.5. The maximum Gasteiger partial charge on any atom is 0.338 e. The summed E-state index contributed by atoms with van der Waals surface area (Å²) in [6.45, 7) is 3.55. The Morgan fingerprint density at radius 1 is 1.20 bits per heavy atom. The maximum atomic E-state index is 13.5. The molecular formula is C17H18FNO5S. The van der Waals surface area contributed by atoms with Crippen LogP contribution in [0.4, 0.5) is 10.1 Å². The van der Waals surface area contributed by atoms with Crippen LogP contribution in [0.5, 0.6) is 5.75 Å². The van der Waals surface area contributed by atoms with E-state index in [-0.39, 0.29) is 28.5 Å². The van der Waals surface area contributed by atoms with Gasteiger partial charge >= 0.3 is 5.97 Å². The third-order valence-corrected chi connectivity index (χ3v) is 4.79. The van der Waals surface area contributed by atoms with Gasteiger partial charge in [0, 0.05) is 0 Å². The van der Waals surface area contributed by atoms with Gasteiger partial charge in [-0.3, -0.25) is 4.72 Å². The Labute approximate surface area is 145 Å². The summed E-state index contributed by atoms with van der Waals surface area (Å²) in [5, 5.41) is 0. The molecule has 0 amide bonds. The van der Waals surface area contributed by atoms with Crippen molar-refractivity contribution < 1.29 is 27.1 Å². The lowest BCUT2D eigenvalue weighted by atomic mass is 10.1. The summed E-state index contributed by atoms with van der Waals surface area (Å²) in [6, 6.07) is 7.69. The summed E-state index contributed by atoms with van der Waals surface area (Å²) < 4.78 is 51.0. The van der Waals surface area contributed by atoms with Gasteiger partial charge in [-0.1, -0.05) is 6.07 Å². The Bertz CT molecular complexity index is 896. The molecule has 0 saturated carbocycles. The number of benzene rings is 2. The number of carbonyl (C=O) groups is 1. The van der Waals surface area contributed by atoms with Gasteiger partial charge in [-0.05, 0) is 49.7 Å². The fraction of sp³-hybridized carbons (Fsp3) is 0.235.